The van der Waals surface area contributed by atoms with Crippen LogP contribution in [-0.4, -0.2) is 42.9 Å². The van der Waals surface area contributed by atoms with Crippen LogP contribution in [-0.2, 0) is 6.18 Å². The second kappa shape index (κ2) is 10.4. The van der Waals surface area contributed by atoms with Crippen LogP contribution in [0.4, 0.5) is 13.2 Å². The maximum Gasteiger partial charge on any atom is 0.416 e. The quantitative estimate of drug-likeness (QED) is 0.418. The Kier molecular flexibility index (Phi) is 7.10. The highest BCUT2D eigenvalue weighted by molar-refractivity contribution is 5.51. The van der Waals surface area contributed by atoms with Crippen LogP contribution in [0.15, 0.2) is 66.7 Å². The Morgan fingerprint density at radius 2 is 1.58 bits per heavy atom. The fraction of sp³-hybridized carbons (Fsp3) is 0.379. The van der Waals surface area contributed by atoms with Crippen molar-refractivity contribution in [3.8, 4) is 17.2 Å². The molecule has 0 saturated carbocycles. The van der Waals surface area contributed by atoms with Crippen LogP contribution < -0.4 is 9.47 Å². The molecule has 0 spiro atoms. The number of ether oxygens (including phenoxy) is 2. The second-order valence-electron chi connectivity index (χ2n) is 9.56. The minimum Gasteiger partial charge on any atom is -0.508 e. The van der Waals surface area contributed by atoms with Crippen LogP contribution in [0, 0.1) is 0 Å². The molecule has 0 unspecified atom stereocenters. The van der Waals surface area contributed by atoms with E-state index in [0.29, 0.717) is 19.0 Å². The van der Waals surface area contributed by atoms with Crippen LogP contribution >= 0.6 is 0 Å². The number of likely N-dealkylation sites (tertiary alicyclic amines) is 1. The van der Waals surface area contributed by atoms with E-state index in [1.807, 2.05) is 30.3 Å². The first-order valence-corrected chi connectivity index (χ1v) is 12.5. The maximum absolute atomic E-state index is 13.1. The summed E-state index contributed by atoms with van der Waals surface area (Å²) in [6.07, 6.45) is -0.575. The van der Waals surface area contributed by atoms with E-state index in [1.165, 1.54) is 31.4 Å². The van der Waals surface area contributed by atoms with Gasteiger partial charge in [0.1, 0.15) is 23.9 Å². The Morgan fingerprint density at radius 1 is 0.889 bits per heavy atom. The summed E-state index contributed by atoms with van der Waals surface area (Å²) in [7, 11) is 0. The molecular weight excluding hydrogens is 467 g/mol. The van der Waals surface area contributed by atoms with E-state index in [-0.39, 0.29) is 17.6 Å². The lowest BCUT2D eigenvalue weighted by Crippen LogP contribution is -2.33. The highest BCUT2D eigenvalue weighted by Gasteiger charge is 2.35. The van der Waals surface area contributed by atoms with Gasteiger partial charge in [-0.25, -0.2) is 0 Å². The van der Waals surface area contributed by atoms with E-state index in [2.05, 4.69) is 4.90 Å². The molecule has 3 aromatic rings. The lowest BCUT2D eigenvalue weighted by Gasteiger charge is -2.34. The molecule has 1 saturated heterocycles. The molecule has 190 valence electrons. The molecule has 1 fully saturated rings. The molecule has 0 bridgehead atoms. The van der Waals surface area contributed by atoms with Crippen LogP contribution in [0.3, 0.4) is 0 Å². The number of aromatic hydroxyl groups is 1. The average Bonchev–Trinajstić information content (AvgIpc) is 2.89. The van der Waals surface area contributed by atoms with E-state index in [0.717, 1.165) is 54.2 Å². The lowest BCUT2D eigenvalue weighted by atomic mass is 9.75. The van der Waals surface area contributed by atoms with E-state index in [4.69, 9.17) is 9.47 Å². The predicted molar refractivity (Wildman–Crippen MR) is 132 cm³/mol. The topological polar surface area (TPSA) is 41.9 Å². The van der Waals surface area contributed by atoms with E-state index in [1.54, 1.807) is 12.1 Å². The summed E-state index contributed by atoms with van der Waals surface area (Å²) in [6, 6.07) is 18.3. The fourth-order valence-electron chi connectivity index (χ4n) is 5.26. The Labute approximate surface area is 209 Å². The minimum atomic E-state index is -4.38. The highest BCUT2D eigenvalue weighted by atomic mass is 19.4. The summed E-state index contributed by atoms with van der Waals surface area (Å²) in [5, 5.41) is 9.94. The standard InChI is InChI=1S/C29H30F3NO3/c30-29(31,32)22-8-4-20(5-9-22)26-19-36-27-18-23(34)10-13-25(27)28(26)21-6-11-24(12-7-21)35-17-16-33-14-2-1-3-15-33/h4-13,18,26,28,34H,1-3,14-17,19H2/t26-,28-/m1/s1. The van der Waals surface area contributed by atoms with Crippen LogP contribution in [0.25, 0.3) is 0 Å². The van der Waals surface area contributed by atoms with Crippen molar-refractivity contribution in [1.82, 2.24) is 4.90 Å². The lowest BCUT2D eigenvalue weighted by molar-refractivity contribution is -0.137. The van der Waals surface area contributed by atoms with Gasteiger partial charge in [0.2, 0.25) is 0 Å². The van der Waals surface area contributed by atoms with Gasteiger partial charge in [0.05, 0.1) is 12.2 Å². The average molecular weight is 498 g/mol. The first-order valence-electron chi connectivity index (χ1n) is 12.5. The van der Waals surface area contributed by atoms with Crippen molar-refractivity contribution in [2.45, 2.75) is 37.3 Å². The number of halogens is 3. The molecule has 2 aliphatic heterocycles. The molecule has 0 aromatic heterocycles. The number of phenols is 1. The fourth-order valence-corrected chi connectivity index (χ4v) is 5.26. The molecule has 0 amide bonds. The third kappa shape index (κ3) is 5.46. The molecule has 0 radical (unpaired) electrons. The van der Waals surface area contributed by atoms with Crippen molar-refractivity contribution in [2.24, 2.45) is 0 Å². The van der Waals surface area contributed by atoms with Gasteiger partial charge in [-0.3, -0.25) is 4.90 Å². The summed E-state index contributed by atoms with van der Waals surface area (Å²) >= 11 is 0. The number of fused-ring (bicyclic) bond motifs is 1. The van der Waals surface area contributed by atoms with E-state index < -0.39 is 11.7 Å². The monoisotopic (exact) mass is 497 g/mol. The number of phenolic OH excluding ortho intramolecular Hbond substituents is 1. The maximum atomic E-state index is 13.1. The minimum absolute atomic E-state index is 0.109. The first-order chi connectivity index (χ1) is 17.4. The smallest absolute Gasteiger partial charge is 0.416 e. The summed E-state index contributed by atoms with van der Waals surface area (Å²) in [6.45, 7) is 4.10. The Bertz CT molecular complexity index is 1160. The van der Waals surface area contributed by atoms with Crippen LogP contribution in [0.2, 0.25) is 0 Å². The third-order valence-corrected chi connectivity index (χ3v) is 7.18. The van der Waals surface area contributed by atoms with Crippen molar-refractivity contribution < 1.29 is 27.8 Å². The first kappa shape index (κ1) is 24.5. The molecule has 0 aliphatic carbocycles. The molecule has 1 N–H and O–H groups in total. The number of benzene rings is 3. The number of hydrogen-bond acceptors (Lipinski definition) is 4. The number of hydrogen-bond donors (Lipinski definition) is 1. The molecule has 2 heterocycles. The number of alkyl halides is 3. The van der Waals surface area contributed by atoms with Gasteiger partial charge in [0.15, 0.2) is 0 Å². The van der Waals surface area contributed by atoms with Gasteiger partial charge in [0, 0.05) is 30.0 Å². The summed E-state index contributed by atoms with van der Waals surface area (Å²) in [5.41, 5.74) is 2.01. The third-order valence-electron chi connectivity index (χ3n) is 7.18. The number of nitrogens with zero attached hydrogens (tertiary/aromatic N) is 1. The van der Waals surface area contributed by atoms with Crippen molar-refractivity contribution >= 4 is 0 Å². The summed E-state index contributed by atoms with van der Waals surface area (Å²) < 4.78 is 51.3. The molecule has 7 heteroatoms. The van der Waals surface area contributed by atoms with Crippen molar-refractivity contribution in [3.05, 3.63) is 89.0 Å². The normalized spacial score (nSPS) is 20.4. The van der Waals surface area contributed by atoms with Crippen molar-refractivity contribution in [1.29, 1.82) is 0 Å². The van der Waals surface area contributed by atoms with E-state index in [9.17, 15) is 18.3 Å². The number of piperidine rings is 1. The van der Waals surface area contributed by atoms with Crippen molar-refractivity contribution in [3.63, 3.8) is 0 Å². The molecule has 3 aromatic carbocycles. The largest absolute Gasteiger partial charge is 0.508 e. The zero-order valence-corrected chi connectivity index (χ0v) is 20.0. The van der Waals surface area contributed by atoms with Gasteiger partial charge in [-0.2, -0.15) is 13.2 Å². The van der Waals surface area contributed by atoms with Gasteiger partial charge in [0.25, 0.3) is 0 Å². The van der Waals surface area contributed by atoms with Gasteiger partial charge in [-0.05, 0) is 67.4 Å². The second-order valence-corrected chi connectivity index (χ2v) is 9.56. The Morgan fingerprint density at radius 3 is 2.28 bits per heavy atom. The Balaban J connectivity index is 1.37. The number of rotatable bonds is 6. The summed E-state index contributed by atoms with van der Waals surface area (Å²) in [5.74, 6) is 1.16. The van der Waals surface area contributed by atoms with Crippen LogP contribution in [0.1, 0.15) is 53.4 Å². The summed E-state index contributed by atoms with van der Waals surface area (Å²) in [4.78, 5) is 2.43. The SMILES string of the molecule is Oc1ccc2c(c1)OC[C@H](c1ccc(C(F)(F)F)cc1)[C@@H]2c1ccc(OCCN2CCCCC2)cc1. The molecule has 2 aliphatic rings. The van der Waals surface area contributed by atoms with E-state index >= 15 is 0 Å². The predicted octanol–water partition coefficient (Wildman–Crippen LogP) is 6.58. The zero-order valence-electron chi connectivity index (χ0n) is 20.0. The molecule has 5 rings (SSSR count). The van der Waals surface area contributed by atoms with Crippen molar-refractivity contribution in [2.75, 3.05) is 32.8 Å². The Hall–Kier alpha value is -3.19. The van der Waals surface area contributed by atoms with Gasteiger partial charge in [-0.1, -0.05) is 36.8 Å². The molecule has 36 heavy (non-hydrogen) atoms. The van der Waals surface area contributed by atoms with Gasteiger partial charge >= 0.3 is 6.18 Å². The zero-order chi connectivity index (χ0) is 25.1. The highest BCUT2D eigenvalue weighted by Crippen LogP contribution is 2.47. The van der Waals surface area contributed by atoms with Gasteiger partial charge in [-0.15, -0.1) is 0 Å². The van der Waals surface area contributed by atoms with Crippen LogP contribution in [0.5, 0.6) is 17.2 Å². The molecule has 2 atom stereocenters. The molecular formula is C29H30F3NO3. The van der Waals surface area contributed by atoms with Gasteiger partial charge < -0.3 is 14.6 Å². The molecule has 4 nitrogen and oxygen atoms in total.